The monoisotopic (exact) mass is 532 g/mol. The van der Waals surface area contributed by atoms with Crippen molar-refractivity contribution >= 4 is 29.4 Å². The fourth-order valence-corrected chi connectivity index (χ4v) is 6.33. The first-order chi connectivity index (χ1) is 17.7. The third kappa shape index (κ3) is 7.35. The lowest BCUT2D eigenvalue weighted by atomic mass is 9.97. The molecular formula is C29H48N4O5. The van der Waals surface area contributed by atoms with Crippen molar-refractivity contribution in [1.82, 2.24) is 20.9 Å². The van der Waals surface area contributed by atoms with Crippen LogP contribution in [-0.4, -0.2) is 64.5 Å². The van der Waals surface area contributed by atoms with Crippen LogP contribution in [0.4, 0.5) is 4.79 Å². The number of nitrogens with zero attached hydrogens (tertiary/aromatic N) is 1. The molecule has 3 rings (SSSR count). The van der Waals surface area contributed by atoms with E-state index in [-0.39, 0.29) is 29.1 Å². The molecule has 3 fully saturated rings. The molecule has 0 bridgehead atoms. The van der Waals surface area contributed by atoms with Crippen LogP contribution in [0, 0.1) is 17.3 Å². The van der Waals surface area contributed by atoms with Gasteiger partial charge in [0.25, 0.3) is 0 Å². The Kier molecular flexibility index (Phi) is 9.63. The highest BCUT2D eigenvalue weighted by Gasteiger charge is 2.69. The molecule has 1 aliphatic carbocycles. The van der Waals surface area contributed by atoms with Crippen molar-refractivity contribution < 1.29 is 24.0 Å². The van der Waals surface area contributed by atoms with Crippen LogP contribution in [0.25, 0.3) is 0 Å². The van der Waals surface area contributed by atoms with Crippen LogP contribution in [0.3, 0.4) is 0 Å². The Morgan fingerprint density at radius 3 is 2.03 bits per heavy atom. The van der Waals surface area contributed by atoms with Gasteiger partial charge in [-0.05, 0) is 50.9 Å². The molecular weight excluding hydrogens is 484 g/mol. The Labute approximate surface area is 227 Å². The van der Waals surface area contributed by atoms with Gasteiger partial charge in [0.15, 0.2) is 5.78 Å². The van der Waals surface area contributed by atoms with Crippen molar-refractivity contribution in [1.29, 1.82) is 0 Å². The second kappa shape index (κ2) is 12.2. The zero-order valence-electron chi connectivity index (χ0n) is 24.2. The van der Waals surface area contributed by atoms with Gasteiger partial charge in [-0.2, -0.15) is 0 Å². The molecule has 9 nitrogen and oxygen atoms in total. The average molecular weight is 533 g/mol. The Hall–Kier alpha value is -2.45. The molecule has 0 aromatic heterocycles. The SMILES string of the molecule is CC(=O)C(=O)[C@@H]1CCCCCCCCCC[C@H](NC(=O)NC(C)(C)C)C(=O)N2C[C@H]3[C@@H]([C@H]2C(=O)N1)C3(C)C. The average Bonchev–Trinajstić information content (AvgIpc) is 3.14. The molecule has 214 valence electrons. The van der Waals surface area contributed by atoms with E-state index in [2.05, 4.69) is 29.8 Å². The number of nitrogens with one attached hydrogen (secondary N) is 3. The number of hydrogen-bond acceptors (Lipinski definition) is 5. The smallest absolute Gasteiger partial charge is 0.315 e. The van der Waals surface area contributed by atoms with E-state index in [4.69, 9.17) is 0 Å². The van der Waals surface area contributed by atoms with Crippen molar-refractivity contribution in [3.8, 4) is 0 Å². The Bertz CT molecular complexity index is 924. The quantitative estimate of drug-likeness (QED) is 0.480. The van der Waals surface area contributed by atoms with E-state index < -0.39 is 41.3 Å². The third-order valence-corrected chi connectivity index (χ3v) is 8.57. The second-order valence-electron chi connectivity index (χ2n) is 13.2. The number of ketones is 2. The maximum atomic E-state index is 13.9. The first-order valence-corrected chi connectivity index (χ1v) is 14.5. The fourth-order valence-electron chi connectivity index (χ4n) is 6.33. The maximum absolute atomic E-state index is 13.9. The van der Waals surface area contributed by atoms with Crippen LogP contribution in [0.2, 0.25) is 0 Å². The van der Waals surface area contributed by atoms with Gasteiger partial charge < -0.3 is 20.9 Å². The molecule has 3 aliphatic rings. The summed E-state index contributed by atoms with van der Waals surface area (Å²) in [4.78, 5) is 66.6. The van der Waals surface area contributed by atoms with Crippen LogP contribution in [0.15, 0.2) is 0 Å². The molecule has 2 saturated heterocycles. The summed E-state index contributed by atoms with van der Waals surface area (Å²) >= 11 is 0. The van der Waals surface area contributed by atoms with E-state index in [1.807, 2.05) is 20.8 Å². The molecule has 0 aromatic carbocycles. The van der Waals surface area contributed by atoms with E-state index >= 15 is 0 Å². The molecule has 0 radical (unpaired) electrons. The molecule has 2 aliphatic heterocycles. The van der Waals surface area contributed by atoms with Crippen LogP contribution in [-0.2, 0) is 19.2 Å². The number of amides is 4. The van der Waals surface area contributed by atoms with Gasteiger partial charge in [0.05, 0.1) is 6.04 Å². The zero-order valence-corrected chi connectivity index (χ0v) is 24.2. The minimum absolute atomic E-state index is 0.0225. The number of Topliss-reactive ketones (excluding diaryl/α,β-unsaturated/α-hetero) is 2. The lowest BCUT2D eigenvalue weighted by molar-refractivity contribution is -0.143. The van der Waals surface area contributed by atoms with Crippen molar-refractivity contribution in [3.05, 3.63) is 0 Å². The number of urea groups is 1. The number of carbonyl (C=O) groups is 5. The highest BCUT2D eigenvalue weighted by atomic mass is 16.2. The molecule has 5 atom stereocenters. The topological polar surface area (TPSA) is 125 Å². The van der Waals surface area contributed by atoms with Gasteiger partial charge in [-0.25, -0.2) is 4.79 Å². The predicted octanol–water partition coefficient (Wildman–Crippen LogP) is 3.49. The fraction of sp³-hybridized carbons (Fsp3) is 0.828. The van der Waals surface area contributed by atoms with Crippen molar-refractivity contribution in [3.63, 3.8) is 0 Å². The Balaban J connectivity index is 1.86. The van der Waals surface area contributed by atoms with Crippen LogP contribution in [0.5, 0.6) is 0 Å². The zero-order chi connectivity index (χ0) is 28.3. The summed E-state index contributed by atoms with van der Waals surface area (Å²) in [6.45, 7) is 11.5. The van der Waals surface area contributed by atoms with Crippen LogP contribution >= 0.6 is 0 Å². The lowest BCUT2D eigenvalue weighted by Crippen LogP contribution is -2.59. The molecule has 3 N–H and O–H groups in total. The van der Waals surface area contributed by atoms with Crippen LogP contribution in [0.1, 0.15) is 106 Å². The summed E-state index contributed by atoms with van der Waals surface area (Å²) in [5, 5.41) is 8.62. The molecule has 2 heterocycles. The van der Waals surface area contributed by atoms with Gasteiger partial charge in [-0.3, -0.25) is 19.2 Å². The molecule has 9 heteroatoms. The van der Waals surface area contributed by atoms with Gasteiger partial charge in [-0.15, -0.1) is 0 Å². The van der Waals surface area contributed by atoms with E-state index in [0.29, 0.717) is 19.4 Å². The summed E-state index contributed by atoms with van der Waals surface area (Å²) in [5.41, 5.74) is -0.548. The molecule has 0 aromatic rings. The summed E-state index contributed by atoms with van der Waals surface area (Å²) in [6, 6.07) is -2.74. The molecule has 38 heavy (non-hydrogen) atoms. The highest BCUT2D eigenvalue weighted by Crippen LogP contribution is 2.65. The minimum atomic E-state index is -0.875. The van der Waals surface area contributed by atoms with Gasteiger partial charge in [-0.1, -0.05) is 65.2 Å². The summed E-state index contributed by atoms with van der Waals surface area (Å²) in [5.74, 6) is -1.63. The highest BCUT2D eigenvalue weighted by molar-refractivity contribution is 6.38. The summed E-state index contributed by atoms with van der Waals surface area (Å²) in [7, 11) is 0. The summed E-state index contributed by atoms with van der Waals surface area (Å²) < 4.78 is 0. The number of carbonyl (C=O) groups excluding carboxylic acids is 5. The van der Waals surface area contributed by atoms with Crippen molar-refractivity contribution in [2.45, 2.75) is 129 Å². The van der Waals surface area contributed by atoms with Gasteiger partial charge in [0, 0.05) is 19.0 Å². The summed E-state index contributed by atoms with van der Waals surface area (Å²) in [6.07, 6.45) is 8.68. The van der Waals surface area contributed by atoms with Crippen LogP contribution < -0.4 is 16.0 Å². The number of rotatable bonds is 3. The second-order valence-corrected chi connectivity index (χ2v) is 13.2. The van der Waals surface area contributed by atoms with E-state index in [1.165, 1.54) is 6.92 Å². The lowest BCUT2D eigenvalue weighted by Gasteiger charge is -2.34. The Morgan fingerprint density at radius 1 is 0.921 bits per heavy atom. The van der Waals surface area contributed by atoms with E-state index in [0.717, 1.165) is 51.4 Å². The van der Waals surface area contributed by atoms with E-state index in [1.54, 1.807) is 4.90 Å². The molecule has 1 saturated carbocycles. The van der Waals surface area contributed by atoms with E-state index in [9.17, 15) is 24.0 Å². The number of fused-ring (bicyclic) bond motifs is 3. The first kappa shape index (κ1) is 30.1. The standard InChI is InChI=1S/C29H48N4O5/c1-18(34)24(35)20-15-13-11-9-7-8-10-12-14-16-21(31-27(38)32-28(2,3)4)26(37)33-17-19-22(29(19,5)6)23(33)25(36)30-20/h19-23H,7-17H2,1-6H3,(H,30,36)(H2,31,32,38)/t19-,20-,21-,22-,23-/m0/s1. The minimum Gasteiger partial charge on any atom is -0.344 e. The first-order valence-electron chi connectivity index (χ1n) is 14.5. The number of piperidine rings is 1. The molecule has 4 amide bonds. The van der Waals surface area contributed by atoms with Gasteiger partial charge in [0.1, 0.15) is 12.1 Å². The predicted molar refractivity (Wildman–Crippen MR) is 145 cm³/mol. The molecule has 0 spiro atoms. The van der Waals surface area contributed by atoms with Gasteiger partial charge in [0.2, 0.25) is 17.6 Å². The van der Waals surface area contributed by atoms with Gasteiger partial charge >= 0.3 is 6.03 Å². The largest absolute Gasteiger partial charge is 0.344 e. The maximum Gasteiger partial charge on any atom is 0.315 e. The third-order valence-electron chi connectivity index (χ3n) is 8.57. The van der Waals surface area contributed by atoms with Crippen molar-refractivity contribution in [2.24, 2.45) is 17.3 Å². The molecule has 0 unspecified atom stereocenters. The number of hydrogen-bond donors (Lipinski definition) is 3. The normalized spacial score (nSPS) is 30.8. The Morgan fingerprint density at radius 2 is 1.47 bits per heavy atom. The van der Waals surface area contributed by atoms with Crippen molar-refractivity contribution in [2.75, 3.05) is 6.54 Å².